The number of halogens is 3. The van der Waals surface area contributed by atoms with Gasteiger partial charge in [-0.3, -0.25) is 14.9 Å². The highest BCUT2D eigenvalue weighted by molar-refractivity contribution is 5.77. The highest BCUT2D eigenvalue weighted by Gasteiger charge is 2.38. The van der Waals surface area contributed by atoms with Gasteiger partial charge in [0.25, 0.3) is 5.69 Å². The molecule has 0 unspecified atom stereocenters. The molecule has 1 saturated heterocycles. The number of nitrogens with one attached hydrogen (secondary N) is 1. The van der Waals surface area contributed by atoms with E-state index in [0.29, 0.717) is 19.6 Å². The Morgan fingerprint density at radius 2 is 1.72 bits per heavy atom. The van der Waals surface area contributed by atoms with Crippen molar-refractivity contribution in [2.45, 2.75) is 38.0 Å². The summed E-state index contributed by atoms with van der Waals surface area (Å²) in [4.78, 5) is 26.7. The minimum Gasteiger partial charge on any atom is -0.497 e. The zero-order valence-electron chi connectivity index (χ0n) is 21.8. The second-order valence-corrected chi connectivity index (χ2v) is 9.89. The number of alkyl halides is 3. The van der Waals surface area contributed by atoms with Gasteiger partial charge in [0.15, 0.2) is 0 Å². The van der Waals surface area contributed by atoms with Crippen molar-refractivity contribution in [3.63, 3.8) is 0 Å². The molecule has 1 aliphatic heterocycles. The van der Waals surface area contributed by atoms with Gasteiger partial charge in [-0.1, -0.05) is 0 Å². The van der Waals surface area contributed by atoms with Gasteiger partial charge >= 0.3 is 6.18 Å². The van der Waals surface area contributed by atoms with Crippen LogP contribution in [-0.4, -0.2) is 68.3 Å². The van der Waals surface area contributed by atoms with Gasteiger partial charge in [0, 0.05) is 50.2 Å². The average molecular weight is 551 g/mol. The maximum absolute atomic E-state index is 13.2. The van der Waals surface area contributed by atoms with Gasteiger partial charge in [-0.2, -0.15) is 13.2 Å². The summed E-state index contributed by atoms with van der Waals surface area (Å²) in [6.45, 7) is 3.25. The summed E-state index contributed by atoms with van der Waals surface area (Å²) in [7, 11) is 1.63. The van der Waals surface area contributed by atoms with E-state index in [2.05, 4.69) is 10.2 Å². The Kier molecular flexibility index (Phi) is 9.16. The normalized spacial score (nSPS) is 20.0. The molecule has 0 aromatic heterocycles. The predicted molar refractivity (Wildman–Crippen MR) is 140 cm³/mol. The van der Waals surface area contributed by atoms with Gasteiger partial charge in [0.05, 0.1) is 18.1 Å². The van der Waals surface area contributed by atoms with Gasteiger partial charge in [0.1, 0.15) is 17.9 Å². The van der Waals surface area contributed by atoms with Crippen molar-refractivity contribution in [3.05, 3.63) is 58.1 Å². The lowest BCUT2D eigenvalue weighted by molar-refractivity contribution is -0.388. The van der Waals surface area contributed by atoms with Crippen LogP contribution < -0.4 is 15.0 Å². The number of methoxy groups -OCH3 is 1. The number of hydrogen-bond donors (Lipinski definition) is 1. The molecular formula is C27H33F3N4O5. The van der Waals surface area contributed by atoms with Crippen LogP contribution in [-0.2, 0) is 15.7 Å². The molecule has 12 heteroatoms. The van der Waals surface area contributed by atoms with Crippen molar-refractivity contribution >= 4 is 23.0 Å². The summed E-state index contributed by atoms with van der Waals surface area (Å²) in [5, 5.41) is 13.9. The number of amides is 1. The smallest absolute Gasteiger partial charge is 0.423 e. The second-order valence-electron chi connectivity index (χ2n) is 9.89. The number of nitrogens with zero attached hydrogens (tertiary/aromatic N) is 3. The van der Waals surface area contributed by atoms with Crippen LogP contribution in [0.2, 0.25) is 0 Å². The number of hydrogen-bond acceptors (Lipinski definition) is 7. The number of carbonyl (C=O) groups is 1. The van der Waals surface area contributed by atoms with E-state index in [-0.39, 0.29) is 30.2 Å². The van der Waals surface area contributed by atoms with Crippen LogP contribution in [0.4, 0.5) is 30.2 Å². The first-order valence-corrected chi connectivity index (χ1v) is 13.0. The Morgan fingerprint density at radius 1 is 1.05 bits per heavy atom. The molecule has 0 radical (unpaired) electrons. The van der Waals surface area contributed by atoms with Crippen LogP contribution in [0.3, 0.4) is 0 Å². The molecule has 0 atom stereocenters. The summed E-state index contributed by atoms with van der Waals surface area (Å²) >= 11 is 0. The zero-order valence-corrected chi connectivity index (χ0v) is 21.8. The predicted octanol–water partition coefficient (Wildman–Crippen LogP) is 4.96. The van der Waals surface area contributed by atoms with Crippen molar-refractivity contribution in [2.24, 2.45) is 5.92 Å². The molecule has 4 rings (SSSR count). The molecule has 39 heavy (non-hydrogen) atoms. The van der Waals surface area contributed by atoms with Crippen molar-refractivity contribution in [3.8, 4) is 5.75 Å². The number of anilines is 2. The van der Waals surface area contributed by atoms with Gasteiger partial charge in [0.2, 0.25) is 5.91 Å². The lowest BCUT2D eigenvalue weighted by atomic mass is 9.87. The van der Waals surface area contributed by atoms with Crippen molar-refractivity contribution < 1.29 is 32.4 Å². The van der Waals surface area contributed by atoms with Gasteiger partial charge < -0.3 is 24.6 Å². The summed E-state index contributed by atoms with van der Waals surface area (Å²) in [5.41, 5.74) is -0.926. The standard InChI is InChI=1S/C27H33F3N4O5/c1-38-22-9-5-21(6-10-22)32-12-14-33(15-13-32)26(35)18-39-23-7-2-19(3-8-23)17-31-20-4-11-25(34(36)37)24(16-20)27(28,29)30/h4-6,9-11,16,19,23,31H,2-3,7-8,12-15,17-18H2,1H3. The molecule has 0 bridgehead atoms. The minimum absolute atomic E-state index is 0.0215. The summed E-state index contributed by atoms with van der Waals surface area (Å²) in [5.74, 6) is 1.02. The van der Waals surface area contributed by atoms with E-state index in [9.17, 15) is 28.1 Å². The van der Waals surface area contributed by atoms with Crippen LogP contribution in [0.1, 0.15) is 31.2 Å². The maximum Gasteiger partial charge on any atom is 0.423 e. The van der Waals surface area contributed by atoms with E-state index in [4.69, 9.17) is 9.47 Å². The zero-order chi connectivity index (χ0) is 28.0. The van der Waals surface area contributed by atoms with Crippen LogP contribution in [0.25, 0.3) is 0 Å². The SMILES string of the molecule is COc1ccc(N2CCN(C(=O)COC3CCC(CNc4ccc([N+](=O)[O-])c(C(F)(F)F)c4)CC3)CC2)cc1. The van der Waals surface area contributed by atoms with Gasteiger partial charge in [-0.25, -0.2) is 0 Å². The topological polar surface area (TPSA) is 97.2 Å². The number of ether oxygens (including phenoxy) is 2. The highest BCUT2D eigenvalue weighted by Crippen LogP contribution is 2.38. The Bertz CT molecular complexity index is 1130. The number of nitro benzene ring substituents is 1. The first-order chi connectivity index (χ1) is 18.6. The van der Waals surface area contributed by atoms with Crippen molar-refractivity contribution in [1.82, 2.24) is 4.90 Å². The summed E-state index contributed by atoms with van der Waals surface area (Å²) in [6.07, 6.45) is -1.69. The van der Waals surface area contributed by atoms with E-state index in [1.54, 1.807) is 7.11 Å². The monoisotopic (exact) mass is 550 g/mol. The molecule has 0 spiro atoms. The number of benzene rings is 2. The Morgan fingerprint density at radius 3 is 2.31 bits per heavy atom. The number of piperazine rings is 1. The molecule has 1 heterocycles. The lowest BCUT2D eigenvalue weighted by Gasteiger charge is -2.36. The van der Waals surface area contributed by atoms with Gasteiger partial charge in [-0.15, -0.1) is 0 Å². The third-order valence-corrected chi connectivity index (χ3v) is 7.40. The van der Waals surface area contributed by atoms with E-state index >= 15 is 0 Å². The van der Waals surface area contributed by atoms with E-state index < -0.39 is 22.4 Å². The van der Waals surface area contributed by atoms with E-state index in [0.717, 1.165) is 62.3 Å². The molecule has 212 valence electrons. The van der Waals surface area contributed by atoms with Crippen LogP contribution in [0.15, 0.2) is 42.5 Å². The second kappa shape index (κ2) is 12.5. The van der Waals surface area contributed by atoms with Crippen molar-refractivity contribution in [1.29, 1.82) is 0 Å². The number of nitro groups is 1. The first-order valence-electron chi connectivity index (χ1n) is 13.0. The molecular weight excluding hydrogens is 517 g/mol. The fraction of sp³-hybridized carbons (Fsp3) is 0.519. The summed E-state index contributed by atoms with van der Waals surface area (Å²) in [6, 6.07) is 10.8. The largest absolute Gasteiger partial charge is 0.497 e. The molecule has 1 amide bonds. The molecule has 2 aromatic carbocycles. The third kappa shape index (κ3) is 7.53. The fourth-order valence-corrected chi connectivity index (χ4v) is 5.08. The molecule has 2 fully saturated rings. The average Bonchev–Trinajstić information content (AvgIpc) is 2.95. The molecule has 1 aliphatic carbocycles. The maximum atomic E-state index is 13.2. The fourth-order valence-electron chi connectivity index (χ4n) is 5.08. The van der Waals surface area contributed by atoms with Crippen LogP contribution >= 0.6 is 0 Å². The van der Waals surface area contributed by atoms with Crippen molar-refractivity contribution in [2.75, 3.05) is 56.7 Å². The number of carbonyl (C=O) groups excluding carboxylic acids is 1. The third-order valence-electron chi connectivity index (χ3n) is 7.40. The highest BCUT2D eigenvalue weighted by atomic mass is 19.4. The summed E-state index contributed by atoms with van der Waals surface area (Å²) < 4.78 is 50.7. The molecule has 9 nitrogen and oxygen atoms in total. The van der Waals surface area contributed by atoms with Gasteiger partial charge in [-0.05, 0) is 68.0 Å². The van der Waals surface area contributed by atoms with Crippen LogP contribution in [0.5, 0.6) is 5.75 Å². The Hall–Kier alpha value is -3.54. The molecule has 2 aromatic rings. The molecule has 2 aliphatic rings. The number of rotatable bonds is 9. The quantitative estimate of drug-likeness (QED) is 0.348. The molecule has 1 N–H and O–H groups in total. The van der Waals surface area contributed by atoms with E-state index in [1.165, 1.54) is 6.07 Å². The lowest BCUT2D eigenvalue weighted by Crippen LogP contribution is -2.50. The Labute approximate surface area is 225 Å². The minimum atomic E-state index is -4.81. The van der Waals surface area contributed by atoms with E-state index in [1.807, 2.05) is 29.2 Å². The van der Waals surface area contributed by atoms with Crippen LogP contribution in [0, 0.1) is 16.0 Å². The Balaban J connectivity index is 1.16. The molecule has 1 saturated carbocycles. The first kappa shape index (κ1) is 28.5.